The maximum Gasteiger partial charge on any atom is 0.416 e. The largest absolute Gasteiger partial charge is 0.416 e. The fraction of sp³-hybridized carbons (Fsp3) is 0.120. The standard InChI is InChI=1S/C25H17F6P/c26-24(27,28)20-7-11-22(12-8-20)32(23-13-9-21(10-14-23)25(29,30)31)16-17-5-6-18-3-1-2-4-19(18)15-17/h1-15H,16H2. The second-order valence-electron chi connectivity index (χ2n) is 7.36. The molecular formula is C25H17F6P. The summed E-state index contributed by atoms with van der Waals surface area (Å²) in [5.74, 6) is 0. The molecule has 0 fully saturated rings. The van der Waals surface area contributed by atoms with Crippen LogP contribution in [-0.2, 0) is 18.5 Å². The van der Waals surface area contributed by atoms with Crippen molar-refractivity contribution in [3.63, 3.8) is 0 Å². The van der Waals surface area contributed by atoms with Gasteiger partial charge in [0.1, 0.15) is 0 Å². The number of alkyl halides is 6. The van der Waals surface area contributed by atoms with E-state index in [4.69, 9.17) is 0 Å². The summed E-state index contributed by atoms with van der Waals surface area (Å²) in [5.41, 5.74) is -0.543. The third-order valence-corrected chi connectivity index (χ3v) is 7.69. The SMILES string of the molecule is FC(F)(F)c1ccc(P(Cc2ccc3ccccc3c2)c2ccc(C(F)(F)F)cc2)cc1. The molecule has 4 aromatic carbocycles. The van der Waals surface area contributed by atoms with Gasteiger partial charge in [0.05, 0.1) is 11.1 Å². The topological polar surface area (TPSA) is 0 Å². The zero-order valence-corrected chi connectivity index (χ0v) is 17.5. The van der Waals surface area contributed by atoms with Gasteiger partial charge in [-0.2, -0.15) is 26.3 Å². The van der Waals surface area contributed by atoms with Crippen LogP contribution in [0, 0.1) is 0 Å². The number of halogens is 6. The van der Waals surface area contributed by atoms with Crippen molar-refractivity contribution in [1.29, 1.82) is 0 Å². The summed E-state index contributed by atoms with van der Waals surface area (Å²) in [5, 5.41) is 3.42. The molecule has 164 valence electrons. The van der Waals surface area contributed by atoms with Crippen LogP contribution >= 0.6 is 7.92 Å². The van der Waals surface area contributed by atoms with Crippen LogP contribution in [0.4, 0.5) is 26.3 Å². The Hall–Kier alpha value is -2.85. The molecule has 0 aromatic heterocycles. The molecule has 0 nitrogen and oxygen atoms in total. The second-order valence-corrected chi connectivity index (χ2v) is 9.56. The molecule has 0 spiro atoms. The van der Waals surface area contributed by atoms with Crippen LogP contribution in [0.25, 0.3) is 10.8 Å². The minimum absolute atomic E-state index is 0.497. The summed E-state index contributed by atoms with van der Waals surface area (Å²) in [4.78, 5) is 0. The molecule has 0 aliphatic rings. The molecular weight excluding hydrogens is 445 g/mol. The first-order valence-corrected chi connectivity index (χ1v) is 11.2. The van der Waals surface area contributed by atoms with Crippen molar-refractivity contribution in [2.45, 2.75) is 18.5 Å². The predicted molar refractivity (Wildman–Crippen MR) is 117 cm³/mol. The number of benzene rings is 4. The third-order valence-electron chi connectivity index (χ3n) is 5.17. The van der Waals surface area contributed by atoms with E-state index in [0.717, 1.165) is 40.6 Å². The average molecular weight is 462 g/mol. The smallest absolute Gasteiger partial charge is 0.166 e. The minimum atomic E-state index is -4.45. The van der Waals surface area contributed by atoms with Crippen LogP contribution in [-0.4, -0.2) is 0 Å². The molecule has 0 unspecified atom stereocenters. The highest BCUT2D eigenvalue weighted by Gasteiger charge is 2.31. The van der Waals surface area contributed by atoms with Gasteiger partial charge in [0, 0.05) is 6.16 Å². The van der Waals surface area contributed by atoms with Crippen molar-refractivity contribution < 1.29 is 26.3 Å². The summed E-state index contributed by atoms with van der Waals surface area (Å²) >= 11 is 0. The Morgan fingerprint density at radius 1 is 0.531 bits per heavy atom. The number of hydrogen-bond acceptors (Lipinski definition) is 0. The summed E-state index contributed by atoms with van der Waals surface area (Å²) in [6, 6.07) is 23.5. The highest BCUT2D eigenvalue weighted by molar-refractivity contribution is 7.72. The molecule has 0 N–H and O–H groups in total. The molecule has 7 heteroatoms. The molecule has 0 saturated heterocycles. The van der Waals surface area contributed by atoms with Gasteiger partial charge in [-0.3, -0.25) is 0 Å². The predicted octanol–water partition coefficient (Wildman–Crippen LogP) is 7.51. The fourth-order valence-electron chi connectivity index (χ4n) is 3.51. The van der Waals surface area contributed by atoms with Gasteiger partial charge < -0.3 is 0 Å². The molecule has 0 radical (unpaired) electrons. The van der Waals surface area contributed by atoms with E-state index < -0.39 is 31.4 Å². The molecule has 4 aromatic rings. The van der Waals surface area contributed by atoms with Gasteiger partial charge >= 0.3 is 12.4 Å². The highest BCUT2D eigenvalue weighted by atomic mass is 31.1. The van der Waals surface area contributed by atoms with E-state index in [-0.39, 0.29) is 0 Å². The Morgan fingerprint density at radius 3 is 1.47 bits per heavy atom. The Balaban J connectivity index is 1.73. The van der Waals surface area contributed by atoms with E-state index in [0.29, 0.717) is 16.8 Å². The quantitative estimate of drug-likeness (QED) is 0.218. The average Bonchev–Trinajstić information content (AvgIpc) is 2.76. The third kappa shape index (κ3) is 4.97. The zero-order valence-electron chi connectivity index (χ0n) is 16.6. The van der Waals surface area contributed by atoms with Crippen molar-refractivity contribution in [1.82, 2.24) is 0 Å². The molecule has 0 aliphatic heterocycles. The second kappa shape index (κ2) is 8.59. The van der Waals surface area contributed by atoms with Crippen LogP contribution < -0.4 is 10.6 Å². The number of rotatable bonds is 4. The molecule has 0 atom stereocenters. The summed E-state index contributed by atoms with van der Waals surface area (Å²) in [6.45, 7) is 0. The molecule has 4 rings (SSSR count). The van der Waals surface area contributed by atoms with E-state index in [1.165, 1.54) is 24.3 Å². The van der Waals surface area contributed by atoms with Gasteiger partial charge in [0.25, 0.3) is 0 Å². The molecule has 0 saturated carbocycles. The van der Waals surface area contributed by atoms with Gasteiger partial charge in [-0.1, -0.05) is 66.7 Å². The lowest BCUT2D eigenvalue weighted by Gasteiger charge is -2.20. The number of fused-ring (bicyclic) bond motifs is 1. The van der Waals surface area contributed by atoms with E-state index in [1.807, 2.05) is 42.5 Å². The summed E-state index contributed by atoms with van der Waals surface area (Å²) in [7, 11) is -1.21. The Bertz CT molecular complexity index is 1150. The Morgan fingerprint density at radius 2 is 1.00 bits per heavy atom. The normalized spacial score (nSPS) is 12.5. The van der Waals surface area contributed by atoms with E-state index in [1.54, 1.807) is 0 Å². The van der Waals surface area contributed by atoms with Gasteiger partial charge in [0.15, 0.2) is 0 Å². The first-order chi connectivity index (χ1) is 15.1. The minimum Gasteiger partial charge on any atom is -0.166 e. The van der Waals surface area contributed by atoms with Crippen molar-refractivity contribution in [3.8, 4) is 0 Å². The van der Waals surface area contributed by atoms with Crippen LogP contribution in [0.15, 0.2) is 91.0 Å². The van der Waals surface area contributed by atoms with E-state index in [9.17, 15) is 26.3 Å². The molecule has 0 amide bonds. The summed E-state index contributed by atoms with van der Waals surface area (Å²) < 4.78 is 78.0. The van der Waals surface area contributed by atoms with E-state index in [2.05, 4.69) is 0 Å². The molecule has 32 heavy (non-hydrogen) atoms. The first kappa shape index (κ1) is 22.3. The molecule has 0 aliphatic carbocycles. The Labute approximate surface area is 182 Å². The van der Waals surface area contributed by atoms with Crippen molar-refractivity contribution in [3.05, 3.63) is 108 Å². The maximum atomic E-state index is 13.0. The zero-order chi connectivity index (χ0) is 22.9. The van der Waals surface area contributed by atoms with Crippen LogP contribution in [0.5, 0.6) is 0 Å². The van der Waals surface area contributed by atoms with Crippen molar-refractivity contribution in [2.75, 3.05) is 0 Å². The highest BCUT2D eigenvalue weighted by Crippen LogP contribution is 2.40. The first-order valence-electron chi connectivity index (χ1n) is 9.71. The lowest BCUT2D eigenvalue weighted by molar-refractivity contribution is -0.138. The van der Waals surface area contributed by atoms with Crippen LogP contribution in [0.1, 0.15) is 16.7 Å². The van der Waals surface area contributed by atoms with Crippen LogP contribution in [0.3, 0.4) is 0 Å². The Kier molecular flexibility index (Phi) is 6.00. The van der Waals surface area contributed by atoms with Crippen molar-refractivity contribution >= 4 is 29.3 Å². The van der Waals surface area contributed by atoms with Crippen molar-refractivity contribution in [2.24, 2.45) is 0 Å². The maximum absolute atomic E-state index is 13.0. The lowest BCUT2D eigenvalue weighted by Crippen LogP contribution is -2.16. The van der Waals surface area contributed by atoms with Gasteiger partial charge in [-0.25, -0.2) is 0 Å². The van der Waals surface area contributed by atoms with Gasteiger partial charge in [-0.15, -0.1) is 0 Å². The molecule has 0 bridgehead atoms. The number of hydrogen-bond donors (Lipinski definition) is 0. The molecule has 0 heterocycles. The summed E-state index contributed by atoms with van der Waals surface area (Å²) in [6.07, 6.45) is -8.40. The lowest BCUT2D eigenvalue weighted by atomic mass is 10.1. The fourth-order valence-corrected chi connectivity index (χ4v) is 5.76. The van der Waals surface area contributed by atoms with Gasteiger partial charge in [-0.05, 0) is 59.1 Å². The van der Waals surface area contributed by atoms with Crippen LogP contribution in [0.2, 0.25) is 0 Å². The monoisotopic (exact) mass is 462 g/mol. The van der Waals surface area contributed by atoms with Gasteiger partial charge in [0.2, 0.25) is 0 Å². The van der Waals surface area contributed by atoms with E-state index >= 15 is 0 Å².